The molecule has 6 nitrogen and oxygen atoms in total. The standard InChI is InChI=1S/C17H26N4O2/c1-12-16(9-18-13(2)19-12)17(22)20-15-3-6-21(7-4-15)10-14-5-8-23-11-14/h9,14-15H,3-8,10-11H2,1-2H3,(H,20,22)/t14-/m1/s1. The number of hydrogen-bond acceptors (Lipinski definition) is 5. The third-order valence-corrected chi connectivity index (χ3v) is 4.81. The van der Waals surface area contributed by atoms with Gasteiger partial charge >= 0.3 is 0 Å². The number of piperidine rings is 1. The van der Waals surface area contributed by atoms with Crippen LogP contribution >= 0.6 is 0 Å². The van der Waals surface area contributed by atoms with Crippen LogP contribution in [0.1, 0.15) is 41.1 Å². The monoisotopic (exact) mass is 318 g/mol. The summed E-state index contributed by atoms with van der Waals surface area (Å²) >= 11 is 0. The van der Waals surface area contributed by atoms with Crippen molar-refractivity contribution in [2.75, 3.05) is 32.8 Å². The Kier molecular flexibility index (Phi) is 5.23. The lowest BCUT2D eigenvalue weighted by Gasteiger charge is -2.33. The van der Waals surface area contributed by atoms with Crippen molar-refractivity contribution >= 4 is 5.91 Å². The number of nitrogens with one attached hydrogen (secondary N) is 1. The summed E-state index contributed by atoms with van der Waals surface area (Å²) in [6.07, 6.45) is 4.82. The summed E-state index contributed by atoms with van der Waals surface area (Å²) in [5, 5.41) is 3.14. The van der Waals surface area contributed by atoms with Crippen molar-refractivity contribution in [3.05, 3.63) is 23.3 Å². The third kappa shape index (κ3) is 4.26. The number of ether oxygens (including phenoxy) is 1. The average Bonchev–Trinajstić information content (AvgIpc) is 3.02. The summed E-state index contributed by atoms with van der Waals surface area (Å²) in [6.45, 7) is 8.73. The molecule has 6 heteroatoms. The molecule has 126 valence electrons. The fraction of sp³-hybridized carbons (Fsp3) is 0.706. The molecule has 0 spiro atoms. The van der Waals surface area contributed by atoms with E-state index in [-0.39, 0.29) is 11.9 Å². The van der Waals surface area contributed by atoms with Gasteiger partial charge in [0.1, 0.15) is 5.82 Å². The first-order valence-electron chi connectivity index (χ1n) is 8.53. The number of amides is 1. The van der Waals surface area contributed by atoms with Crippen LogP contribution in [0.2, 0.25) is 0 Å². The van der Waals surface area contributed by atoms with Gasteiger partial charge in [-0.15, -0.1) is 0 Å². The van der Waals surface area contributed by atoms with Crippen LogP contribution in [0.4, 0.5) is 0 Å². The Bertz CT molecular complexity index is 550. The van der Waals surface area contributed by atoms with E-state index in [1.54, 1.807) is 6.20 Å². The van der Waals surface area contributed by atoms with Gasteiger partial charge in [0, 0.05) is 38.5 Å². The molecule has 3 rings (SSSR count). The van der Waals surface area contributed by atoms with Crippen LogP contribution in [0.5, 0.6) is 0 Å². The second-order valence-corrected chi connectivity index (χ2v) is 6.69. The van der Waals surface area contributed by atoms with Crippen LogP contribution in [0.15, 0.2) is 6.20 Å². The summed E-state index contributed by atoms with van der Waals surface area (Å²) in [5.74, 6) is 1.34. The van der Waals surface area contributed by atoms with E-state index in [0.29, 0.717) is 17.3 Å². The highest BCUT2D eigenvalue weighted by Gasteiger charge is 2.25. The largest absolute Gasteiger partial charge is 0.381 e. The number of aromatic nitrogens is 2. The van der Waals surface area contributed by atoms with E-state index in [1.165, 1.54) is 6.42 Å². The van der Waals surface area contributed by atoms with Crippen LogP contribution in [-0.2, 0) is 4.74 Å². The fourth-order valence-corrected chi connectivity index (χ4v) is 3.42. The normalized spacial score (nSPS) is 23.1. The number of likely N-dealkylation sites (tertiary alicyclic amines) is 1. The lowest BCUT2D eigenvalue weighted by Crippen LogP contribution is -2.46. The molecule has 0 radical (unpaired) electrons. The second-order valence-electron chi connectivity index (χ2n) is 6.69. The zero-order valence-electron chi connectivity index (χ0n) is 14.0. The van der Waals surface area contributed by atoms with Crippen LogP contribution in [0.3, 0.4) is 0 Å². The molecular formula is C17H26N4O2. The van der Waals surface area contributed by atoms with Crippen molar-refractivity contribution in [1.82, 2.24) is 20.2 Å². The van der Waals surface area contributed by atoms with Crippen molar-refractivity contribution in [3.8, 4) is 0 Å². The summed E-state index contributed by atoms with van der Waals surface area (Å²) in [5.41, 5.74) is 1.33. The molecule has 1 aromatic heterocycles. The van der Waals surface area contributed by atoms with Gasteiger partial charge in [-0.25, -0.2) is 9.97 Å². The maximum Gasteiger partial charge on any atom is 0.254 e. The van der Waals surface area contributed by atoms with E-state index in [1.807, 2.05) is 13.8 Å². The molecule has 0 bridgehead atoms. The lowest BCUT2D eigenvalue weighted by molar-refractivity contribution is 0.0902. The van der Waals surface area contributed by atoms with Gasteiger partial charge in [-0.3, -0.25) is 4.79 Å². The van der Waals surface area contributed by atoms with Crippen LogP contribution < -0.4 is 5.32 Å². The topological polar surface area (TPSA) is 67.4 Å². The Balaban J connectivity index is 1.47. The lowest BCUT2D eigenvalue weighted by atomic mass is 10.0. The van der Waals surface area contributed by atoms with Crippen LogP contribution in [0, 0.1) is 19.8 Å². The minimum atomic E-state index is -0.0508. The molecule has 2 fully saturated rings. The smallest absolute Gasteiger partial charge is 0.254 e. The second kappa shape index (κ2) is 7.36. The van der Waals surface area contributed by atoms with E-state index < -0.39 is 0 Å². The van der Waals surface area contributed by atoms with Crippen molar-refractivity contribution in [3.63, 3.8) is 0 Å². The number of aryl methyl sites for hydroxylation is 2. The predicted octanol–water partition coefficient (Wildman–Crippen LogP) is 1.32. The molecule has 0 saturated carbocycles. The minimum absolute atomic E-state index is 0.0508. The molecule has 1 atom stereocenters. The molecule has 0 unspecified atom stereocenters. The first-order chi connectivity index (χ1) is 11.1. The van der Waals surface area contributed by atoms with Crippen molar-refractivity contribution in [2.24, 2.45) is 5.92 Å². The van der Waals surface area contributed by atoms with Crippen LogP contribution in [-0.4, -0.2) is 59.7 Å². The highest BCUT2D eigenvalue weighted by atomic mass is 16.5. The molecule has 0 aromatic carbocycles. The van der Waals surface area contributed by atoms with E-state index in [9.17, 15) is 4.79 Å². The summed E-state index contributed by atoms with van der Waals surface area (Å²) in [4.78, 5) is 23.3. The number of carbonyl (C=O) groups is 1. The third-order valence-electron chi connectivity index (χ3n) is 4.81. The van der Waals surface area contributed by atoms with Gasteiger partial charge in [-0.05, 0) is 39.0 Å². The highest BCUT2D eigenvalue weighted by molar-refractivity contribution is 5.95. The Hall–Kier alpha value is -1.53. The first-order valence-corrected chi connectivity index (χ1v) is 8.53. The molecule has 23 heavy (non-hydrogen) atoms. The Morgan fingerprint density at radius 3 is 2.78 bits per heavy atom. The Morgan fingerprint density at radius 1 is 1.35 bits per heavy atom. The maximum atomic E-state index is 12.4. The first kappa shape index (κ1) is 16.3. The Morgan fingerprint density at radius 2 is 2.13 bits per heavy atom. The quantitative estimate of drug-likeness (QED) is 0.907. The Labute approximate surface area is 137 Å². The maximum absolute atomic E-state index is 12.4. The van der Waals surface area contributed by atoms with Gasteiger partial charge in [0.2, 0.25) is 0 Å². The molecule has 0 aliphatic carbocycles. The van der Waals surface area contributed by atoms with Gasteiger partial charge in [0.25, 0.3) is 5.91 Å². The molecular weight excluding hydrogens is 292 g/mol. The van der Waals surface area contributed by atoms with Crippen molar-refractivity contribution in [2.45, 2.75) is 39.2 Å². The minimum Gasteiger partial charge on any atom is -0.381 e. The van der Waals surface area contributed by atoms with Crippen LogP contribution in [0.25, 0.3) is 0 Å². The number of nitrogens with zero attached hydrogens (tertiary/aromatic N) is 3. The van der Waals surface area contributed by atoms with Crippen molar-refractivity contribution in [1.29, 1.82) is 0 Å². The molecule has 2 aliphatic rings. The number of rotatable bonds is 4. The molecule has 1 amide bonds. The number of carbonyl (C=O) groups excluding carboxylic acids is 1. The molecule has 2 saturated heterocycles. The molecule has 1 aromatic rings. The highest BCUT2D eigenvalue weighted by Crippen LogP contribution is 2.18. The summed E-state index contributed by atoms with van der Waals surface area (Å²) in [7, 11) is 0. The van der Waals surface area contributed by atoms with E-state index in [0.717, 1.165) is 51.4 Å². The van der Waals surface area contributed by atoms with Gasteiger partial charge in [0.15, 0.2) is 0 Å². The predicted molar refractivity (Wildman–Crippen MR) is 87.4 cm³/mol. The van der Waals surface area contributed by atoms with Gasteiger partial charge < -0.3 is 15.0 Å². The fourth-order valence-electron chi connectivity index (χ4n) is 3.42. The zero-order valence-corrected chi connectivity index (χ0v) is 14.0. The van der Waals surface area contributed by atoms with E-state index >= 15 is 0 Å². The summed E-state index contributed by atoms with van der Waals surface area (Å²) in [6, 6.07) is 0.249. The molecule has 2 aliphatic heterocycles. The van der Waals surface area contributed by atoms with Crippen molar-refractivity contribution < 1.29 is 9.53 Å². The van der Waals surface area contributed by atoms with Gasteiger partial charge in [-0.2, -0.15) is 0 Å². The zero-order chi connectivity index (χ0) is 16.2. The van der Waals surface area contributed by atoms with E-state index in [4.69, 9.17) is 4.74 Å². The SMILES string of the molecule is Cc1ncc(C(=O)NC2CCN(C[C@H]3CCOC3)CC2)c(C)n1. The van der Waals surface area contributed by atoms with Gasteiger partial charge in [-0.1, -0.05) is 0 Å². The van der Waals surface area contributed by atoms with Gasteiger partial charge in [0.05, 0.1) is 17.9 Å². The molecule has 1 N–H and O–H groups in total. The molecule has 3 heterocycles. The number of hydrogen-bond donors (Lipinski definition) is 1. The average molecular weight is 318 g/mol. The summed E-state index contributed by atoms with van der Waals surface area (Å²) < 4.78 is 5.45. The van der Waals surface area contributed by atoms with E-state index in [2.05, 4.69) is 20.2 Å².